The minimum atomic E-state index is -0.769. The average Bonchev–Trinajstić information content (AvgIpc) is 3.57. The summed E-state index contributed by atoms with van der Waals surface area (Å²) in [5, 5.41) is 15.1. The zero-order valence-corrected chi connectivity index (χ0v) is 17.4. The molecule has 0 saturated carbocycles. The summed E-state index contributed by atoms with van der Waals surface area (Å²) in [6.07, 6.45) is 13.4. The quantitative estimate of drug-likeness (QED) is 0.685. The highest BCUT2D eigenvalue weighted by Gasteiger charge is 2.48. The second kappa shape index (κ2) is 7.37. The molecule has 8 heteroatoms. The van der Waals surface area contributed by atoms with Gasteiger partial charge in [0.1, 0.15) is 11.9 Å². The fourth-order valence-corrected chi connectivity index (χ4v) is 5.82. The first kappa shape index (κ1) is 18.9. The molecule has 4 unspecified atom stereocenters. The minimum Gasteiger partial charge on any atom is -0.465 e. The van der Waals surface area contributed by atoms with E-state index in [1.165, 1.54) is 6.42 Å². The van der Waals surface area contributed by atoms with E-state index in [1.54, 1.807) is 4.90 Å². The molecule has 0 spiro atoms. The Morgan fingerprint density at radius 2 is 2.13 bits per heavy atom. The van der Waals surface area contributed by atoms with Crippen LogP contribution in [0.25, 0.3) is 22.2 Å². The molecule has 31 heavy (non-hydrogen) atoms. The van der Waals surface area contributed by atoms with Crippen LogP contribution in [0.15, 0.2) is 36.9 Å². The fraction of sp³-hybridized carbons (Fsp3) is 0.522. The molecule has 3 aliphatic rings. The van der Waals surface area contributed by atoms with Crippen molar-refractivity contribution in [3.05, 3.63) is 36.9 Å². The van der Waals surface area contributed by atoms with Crippen molar-refractivity contribution in [3.8, 4) is 11.1 Å². The molecule has 8 nitrogen and oxygen atoms in total. The van der Waals surface area contributed by atoms with Gasteiger partial charge >= 0.3 is 6.09 Å². The van der Waals surface area contributed by atoms with Gasteiger partial charge in [-0.15, -0.1) is 0 Å². The summed E-state index contributed by atoms with van der Waals surface area (Å²) in [7, 11) is 0. The number of fused-ring (bicyclic) bond motifs is 3. The van der Waals surface area contributed by atoms with Gasteiger partial charge in [0.25, 0.3) is 0 Å². The van der Waals surface area contributed by atoms with Gasteiger partial charge in [-0.1, -0.05) is 0 Å². The van der Waals surface area contributed by atoms with Gasteiger partial charge in [-0.05, 0) is 56.6 Å². The highest BCUT2D eigenvalue weighted by Crippen LogP contribution is 2.42. The fourth-order valence-electron chi connectivity index (χ4n) is 5.82. The van der Waals surface area contributed by atoms with Crippen LogP contribution in [0.5, 0.6) is 0 Å². The van der Waals surface area contributed by atoms with Gasteiger partial charge in [0.2, 0.25) is 0 Å². The average molecular weight is 422 g/mol. The Labute approximate surface area is 180 Å². The molecule has 1 N–H and O–H groups in total. The summed E-state index contributed by atoms with van der Waals surface area (Å²) in [5.41, 5.74) is 3.04. The Bertz CT molecular complexity index is 1120. The van der Waals surface area contributed by atoms with Crippen LogP contribution in [0.2, 0.25) is 0 Å². The van der Waals surface area contributed by atoms with E-state index >= 15 is 0 Å². The summed E-state index contributed by atoms with van der Waals surface area (Å²) >= 11 is 0. The Balaban J connectivity index is 1.22. The van der Waals surface area contributed by atoms with Crippen LogP contribution < -0.4 is 0 Å². The van der Waals surface area contributed by atoms with E-state index in [-0.39, 0.29) is 18.3 Å². The van der Waals surface area contributed by atoms with E-state index in [9.17, 15) is 9.90 Å². The molecule has 3 saturated heterocycles. The lowest BCUT2D eigenvalue weighted by molar-refractivity contribution is -0.0394. The topological polar surface area (TPSA) is 85.4 Å². The lowest BCUT2D eigenvalue weighted by Crippen LogP contribution is -2.35. The number of carboxylic acid groups (broad SMARTS) is 1. The molecule has 6 heterocycles. The summed E-state index contributed by atoms with van der Waals surface area (Å²) in [5.74, 6) is 0.362. The number of aromatic nitrogens is 4. The first-order valence-electron chi connectivity index (χ1n) is 11.3. The van der Waals surface area contributed by atoms with Gasteiger partial charge in [-0.3, -0.25) is 0 Å². The monoisotopic (exact) mass is 421 g/mol. The highest BCUT2D eigenvalue weighted by molar-refractivity contribution is 5.81. The molecular weight excluding hydrogens is 394 g/mol. The number of rotatable bonds is 4. The third kappa shape index (κ3) is 3.20. The smallest absolute Gasteiger partial charge is 0.407 e. The van der Waals surface area contributed by atoms with Crippen LogP contribution in [-0.2, 0) is 11.3 Å². The van der Waals surface area contributed by atoms with E-state index in [2.05, 4.69) is 28.0 Å². The normalized spacial score (nSPS) is 27.9. The van der Waals surface area contributed by atoms with Crippen molar-refractivity contribution in [2.45, 2.75) is 63.4 Å². The molecule has 0 aromatic carbocycles. The van der Waals surface area contributed by atoms with Crippen molar-refractivity contribution in [2.24, 2.45) is 5.92 Å². The van der Waals surface area contributed by atoms with Crippen LogP contribution in [0.1, 0.15) is 44.8 Å². The molecule has 162 valence electrons. The summed E-state index contributed by atoms with van der Waals surface area (Å²) in [6, 6.07) is 4.60. The number of amides is 1. The van der Waals surface area contributed by atoms with Gasteiger partial charge in [0, 0.05) is 60.3 Å². The lowest BCUT2D eigenvalue weighted by Gasteiger charge is -2.22. The Morgan fingerprint density at radius 1 is 1.19 bits per heavy atom. The van der Waals surface area contributed by atoms with Crippen LogP contribution in [0.4, 0.5) is 4.79 Å². The second-order valence-corrected chi connectivity index (χ2v) is 9.12. The number of hydrogen-bond acceptors (Lipinski definition) is 4. The number of pyridine rings is 1. The largest absolute Gasteiger partial charge is 0.465 e. The SMILES string of the molecule is O=C(O)N1C2CCC1C(Cn1ccc3cc(-c4cnn(C5CCCCO5)c4)cnc31)C2. The van der Waals surface area contributed by atoms with Crippen molar-refractivity contribution in [2.75, 3.05) is 6.61 Å². The molecule has 1 amide bonds. The molecule has 3 aromatic rings. The van der Waals surface area contributed by atoms with Gasteiger partial charge in [0.15, 0.2) is 0 Å². The number of ether oxygens (including phenoxy) is 1. The zero-order valence-electron chi connectivity index (χ0n) is 17.4. The predicted molar refractivity (Wildman–Crippen MR) is 115 cm³/mol. The van der Waals surface area contributed by atoms with Gasteiger partial charge in [0.05, 0.1) is 6.20 Å². The standard InChI is InChI=1S/C23H27N5O3/c29-23(30)28-19-4-5-20(28)17(10-19)13-26-7-6-15-9-16(11-24-22(15)26)18-12-25-27(14-18)21-3-1-2-8-31-21/h6-7,9,11-12,14,17,19-21H,1-5,8,10,13H2,(H,29,30). The van der Waals surface area contributed by atoms with E-state index < -0.39 is 6.09 Å². The zero-order chi connectivity index (χ0) is 20.9. The third-order valence-electron chi connectivity index (χ3n) is 7.30. The summed E-state index contributed by atoms with van der Waals surface area (Å²) in [4.78, 5) is 18.0. The first-order chi connectivity index (χ1) is 15.2. The van der Waals surface area contributed by atoms with Crippen molar-refractivity contribution in [1.29, 1.82) is 0 Å². The molecular formula is C23H27N5O3. The Hall–Kier alpha value is -2.87. The molecule has 0 aliphatic carbocycles. The molecule has 6 rings (SSSR count). The van der Waals surface area contributed by atoms with E-state index in [1.807, 2.05) is 23.3 Å². The summed E-state index contributed by atoms with van der Waals surface area (Å²) < 4.78 is 9.94. The third-order valence-corrected chi connectivity index (χ3v) is 7.30. The Morgan fingerprint density at radius 3 is 2.94 bits per heavy atom. The minimum absolute atomic E-state index is 0.0346. The van der Waals surface area contributed by atoms with Crippen molar-refractivity contribution in [3.63, 3.8) is 0 Å². The maximum Gasteiger partial charge on any atom is 0.407 e. The van der Waals surface area contributed by atoms with E-state index in [4.69, 9.17) is 9.72 Å². The lowest BCUT2D eigenvalue weighted by atomic mass is 9.89. The first-order valence-corrected chi connectivity index (χ1v) is 11.3. The van der Waals surface area contributed by atoms with Gasteiger partial charge in [-0.2, -0.15) is 5.10 Å². The maximum atomic E-state index is 11.6. The van der Waals surface area contributed by atoms with E-state index in [0.29, 0.717) is 5.92 Å². The molecule has 3 aliphatic heterocycles. The van der Waals surface area contributed by atoms with Crippen LogP contribution >= 0.6 is 0 Å². The van der Waals surface area contributed by atoms with Crippen molar-refractivity contribution >= 4 is 17.1 Å². The molecule has 0 radical (unpaired) electrons. The Kier molecular flexibility index (Phi) is 4.49. The number of carbonyl (C=O) groups is 1. The van der Waals surface area contributed by atoms with Crippen LogP contribution in [-0.4, -0.2) is 54.1 Å². The number of nitrogens with zero attached hydrogens (tertiary/aromatic N) is 5. The summed E-state index contributed by atoms with van der Waals surface area (Å²) in [6.45, 7) is 1.62. The van der Waals surface area contributed by atoms with Gasteiger partial charge < -0.3 is 19.3 Å². The van der Waals surface area contributed by atoms with Crippen molar-refractivity contribution in [1.82, 2.24) is 24.2 Å². The van der Waals surface area contributed by atoms with Crippen LogP contribution in [0, 0.1) is 5.92 Å². The second-order valence-electron chi connectivity index (χ2n) is 9.12. The van der Waals surface area contributed by atoms with Crippen LogP contribution in [0.3, 0.4) is 0 Å². The van der Waals surface area contributed by atoms with Gasteiger partial charge in [-0.25, -0.2) is 14.5 Å². The molecule has 3 aromatic heterocycles. The molecule has 2 bridgehead atoms. The molecule has 4 atom stereocenters. The molecule has 3 fully saturated rings. The number of hydrogen-bond donors (Lipinski definition) is 1. The predicted octanol–water partition coefficient (Wildman–Crippen LogP) is 4.13. The van der Waals surface area contributed by atoms with Crippen molar-refractivity contribution < 1.29 is 14.6 Å². The maximum absolute atomic E-state index is 11.6. The highest BCUT2D eigenvalue weighted by atomic mass is 16.5. The van der Waals surface area contributed by atoms with E-state index in [0.717, 1.165) is 67.4 Å².